The normalized spacial score (nSPS) is 15.4. The van der Waals surface area contributed by atoms with Gasteiger partial charge < -0.3 is 10.8 Å². The van der Waals surface area contributed by atoms with E-state index in [1.807, 2.05) is 25.1 Å². The van der Waals surface area contributed by atoms with Gasteiger partial charge in [-0.2, -0.15) is 0 Å². The minimum absolute atomic E-state index is 0.0555. The SMILES string of the molecule is Cc1cccc(C(CN)C(C)O)c1. The lowest BCUT2D eigenvalue weighted by atomic mass is 9.93. The lowest BCUT2D eigenvalue weighted by Crippen LogP contribution is -2.23. The molecule has 0 saturated heterocycles. The molecule has 1 aromatic rings. The zero-order valence-corrected chi connectivity index (χ0v) is 8.20. The van der Waals surface area contributed by atoms with Crippen LogP contribution in [0.2, 0.25) is 0 Å². The van der Waals surface area contributed by atoms with Gasteiger partial charge in [0.15, 0.2) is 0 Å². The molecule has 2 atom stereocenters. The number of aliphatic hydroxyl groups is 1. The lowest BCUT2D eigenvalue weighted by Gasteiger charge is -2.18. The topological polar surface area (TPSA) is 46.2 Å². The Kier molecular flexibility index (Phi) is 3.46. The Hall–Kier alpha value is -0.860. The number of benzene rings is 1. The Morgan fingerprint density at radius 2 is 2.15 bits per heavy atom. The molecule has 0 spiro atoms. The van der Waals surface area contributed by atoms with E-state index < -0.39 is 0 Å². The average molecular weight is 179 g/mol. The molecule has 72 valence electrons. The molecule has 0 heterocycles. The molecule has 3 N–H and O–H groups in total. The van der Waals surface area contributed by atoms with Crippen molar-refractivity contribution in [3.63, 3.8) is 0 Å². The first kappa shape index (κ1) is 10.2. The van der Waals surface area contributed by atoms with E-state index in [0.29, 0.717) is 6.54 Å². The first-order valence-corrected chi connectivity index (χ1v) is 4.60. The molecule has 2 nitrogen and oxygen atoms in total. The van der Waals surface area contributed by atoms with Gasteiger partial charge in [-0.3, -0.25) is 0 Å². The van der Waals surface area contributed by atoms with Gasteiger partial charge in [0.25, 0.3) is 0 Å². The van der Waals surface area contributed by atoms with Crippen LogP contribution in [0, 0.1) is 6.92 Å². The average Bonchev–Trinajstić information content (AvgIpc) is 2.04. The van der Waals surface area contributed by atoms with E-state index in [2.05, 4.69) is 6.07 Å². The molecule has 0 aliphatic heterocycles. The summed E-state index contributed by atoms with van der Waals surface area (Å²) in [6.45, 7) is 4.31. The fourth-order valence-electron chi connectivity index (χ4n) is 1.51. The van der Waals surface area contributed by atoms with Gasteiger partial charge in [-0.15, -0.1) is 0 Å². The van der Waals surface area contributed by atoms with E-state index in [0.717, 1.165) is 5.56 Å². The fourth-order valence-corrected chi connectivity index (χ4v) is 1.51. The van der Waals surface area contributed by atoms with E-state index >= 15 is 0 Å². The summed E-state index contributed by atoms with van der Waals surface area (Å²) in [6, 6.07) is 8.12. The Morgan fingerprint density at radius 3 is 2.62 bits per heavy atom. The van der Waals surface area contributed by atoms with Gasteiger partial charge in [-0.1, -0.05) is 29.8 Å². The number of rotatable bonds is 3. The maximum atomic E-state index is 9.48. The highest BCUT2D eigenvalue weighted by molar-refractivity contribution is 5.26. The minimum atomic E-state index is -0.383. The Bertz CT molecular complexity index is 271. The third-order valence-electron chi connectivity index (χ3n) is 2.31. The standard InChI is InChI=1S/C11H17NO/c1-8-4-3-5-10(6-8)11(7-12)9(2)13/h3-6,9,11,13H,7,12H2,1-2H3. The zero-order chi connectivity index (χ0) is 9.84. The molecule has 0 fully saturated rings. The predicted molar refractivity (Wildman–Crippen MR) is 54.7 cm³/mol. The molecule has 0 saturated carbocycles. The highest BCUT2D eigenvalue weighted by atomic mass is 16.3. The van der Waals surface area contributed by atoms with Crippen molar-refractivity contribution >= 4 is 0 Å². The highest BCUT2D eigenvalue weighted by Crippen LogP contribution is 2.19. The number of hydrogen-bond donors (Lipinski definition) is 2. The van der Waals surface area contributed by atoms with E-state index in [4.69, 9.17) is 5.73 Å². The second-order valence-corrected chi connectivity index (χ2v) is 3.50. The Balaban J connectivity index is 2.91. The summed E-state index contributed by atoms with van der Waals surface area (Å²) in [6.07, 6.45) is -0.383. The van der Waals surface area contributed by atoms with Gasteiger partial charge in [0.2, 0.25) is 0 Å². The molecule has 0 bridgehead atoms. The van der Waals surface area contributed by atoms with Crippen LogP contribution in [0.3, 0.4) is 0 Å². The van der Waals surface area contributed by atoms with Crippen LogP contribution in [0.5, 0.6) is 0 Å². The third kappa shape index (κ3) is 2.54. The van der Waals surface area contributed by atoms with Crippen molar-refractivity contribution in [2.75, 3.05) is 6.54 Å². The van der Waals surface area contributed by atoms with Crippen LogP contribution in [0.15, 0.2) is 24.3 Å². The van der Waals surface area contributed by atoms with Crippen molar-refractivity contribution in [2.45, 2.75) is 25.9 Å². The molecular weight excluding hydrogens is 162 g/mol. The molecule has 0 aliphatic rings. The smallest absolute Gasteiger partial charge is 0.0592 e. The first-order valence-electron chi connectivity index (χ1n) is 4.60. The number of aryl methyl sites for hydroxylation is 1. The van der Waals surface area contributed by atoms with Crippen LogP contribution in [0.1, 0.15) is 24.0 Å². The van der Waals surface area contributed by atoms with Crippen LogP contribution >= 0.6 is 0 Å². The summed E-state index contributed by atoms with van der Waals surface area (Å²) < 4.78 is 0. The molecule has 0 aromatic heterocycles. The fraction of sp³-hybridized carbons (Fsp3) is 0.455. The van der Waals surface area contributed by atoms with Crippen LogP contribution in [-0.4, -0.2) is 17.8 Å². The van der Waals surface area contributed by atoms with Crippen LogP contribution in [0.25, 0.3) is 0 Å². The second kappa shape index (κ2) is 4.40. The highest BCUT2D eigenvalue weighted by Gasteiger charge is 2.14. The molecule has 0 amide bonds. The Morgan fingerprint density at radius 1 is 1.46 bits per heavy atom. The monoisotopic (exact) mass is 179 g/mol. The van der Waals surface area contributed by atoms with Gasteiger partial charge in [0.1, 0.15) is 0 Å². The molecule has 13 heavy (non-hydrogen) atoms. The van der Waals surface area contributed by atoms with Gasteiger partial charge >= 0.3 is 0 Å². The van der Waals surface area contributed by atoms with Crippen molar-refractivity contribution in [3.05, 3.63) is 35.4 Å². The van der Waals surface area contributed by atoms with Gasteiger partial charge in [-0.05, 0) is 19.4 Å². The van der Waals surface area contributed by atoms with E-state index in [1.165, 1.54) is 5.56 Å². The second-order valence-electron chi connectivity index (χ2n) is 3.50. The summed E-state index contributed by atoms with van der Waals surface area (Å²) >= 11 is 0. The summed E-state index contributed by atoms with van der Waals surface area (Å²) in [7, 11) is 0. The summed E-state index contributed by atoms with van der Waals surface area (Å²) in [5, 5.41) is 9.48. The largest absolute Gasteiger partial charge is 0.393 e. The molecule has 1 rings (SSSR count). The van der Waals surface area contributed by atoms with Gasteiger partial charge in [0.05, 0.1) is 6.10 Å². The molecule has 2 heteroatoms. The molecule has 2 unspecified atom stereocenters. The van der Waals surface area contributed by atoms with Crippen molar-refractivity contribution in [2.24, 2.45) is 5.73 Å². The first-order chi connectivity index (χ1) is 6.15. The maximum absolute atomic E-state index is 9.48. The van der Waals surface area contributed by atoms with Crippen molar-refractivity contribution in [1.82, 2.24) is 0 Å². The zero-order valence-electron chi connectivity index (χ0n) is 8.20. The molecule has 0 aliphatic carbocycles. The number of nitrogens with two attached hydrogens (primary N) is 1. The van der Waals surface area contributed by atoms with Gasteiger partial charge in [0, 0.05) is 12.5 Å². The Labute approximate surface area is 79.4 Å². The lowest BCUT2D eigenvalue weighted by molar-refractivity contribution is 0.164. The number of hydrogen-bond acceptors (Lipinski definition) is 2. The summed E-state index contributed by atoms with van der Waals surface area (Å²) in [4.78, 5) is 0. The number of aliphatic hydroxyl groups excluding tert-OH is 1. The maximum Gasteiger partial charge on any atom is 0.0592 e. The van der Waals surface area contributed by atoms with Crippen molar-refractivity contribution in [3.8, 4) is 0 Å². The van der Waals surface area contributed by atoms with Crippen LogP contribution in [0.4, 0.5) is 0 Å². The minimum Gasteiger partial charge on any atom is -0.393 e. The van der Waals surface area contributed by atoms with Crippen molar-refractivity contribution < 1.29 is 5.11 Å². The quantitative estimate of drug-likeness (QED) is 0.737. The predicted octanol–water partition coefficient (Wildman–Crippen LogP) is 1.42. The van der Waals surface area contributed by atoms with Gasteiger partial charge in [-0.25, -0.2) is 0 Å². The van der Waals surface area contributed by atoms with Crippen molar-refractivity contribution in [1.29, 1.82) is 0 Å². The van der Waals surface area contributed by atoms with Crippen LogP contribution < -0.4 is 5.73 Å². The summed E-state index contributed by atoms with van der Waals surface area (Å²) in [5.41, 5.74) is 7.92. The summed E-state index contributed by atoms with van der Waals surface area (Å²) in [5.74, 6) is 0.0555. The molecule has 1 aromatic carbocycles. The third-order valence-corrected chi connectivity index (χ3v) is 2.31. The van der Waals surface area contributed by atoms with E-state index in [9.17, 15) is 5.11 Å². The molecular formula is C11H17NO. The van der Waals surface area contributed by atoms with Crippen LogP contribution in [-0.2, 0) is 0 Å². The molecule has 0 radical (unpaired) electrons. The van der Waals surface area contributed by atoms with E-state index in [-0.39, 0.29) is 12.0 Å². The van der Waals surface area contributed by atoms with E-state index in [1.54, 1.807) is 6.92 Å².